The number of anilines is 1. The molecule has 3 aromatic rings. The number of hydrogen-bond donors (Lipinski definition) is 1. The number of carbonyl (C=O) groups excluding carboxylic acids is 1. The summed E-state index contributed by atoms with van der Waals surface area (Å²) in [6.45, 7) is 5.92. The molecule has 0 aliphatic heterocycles. The van der Waals surface area contributed by atoms with Crippen molar-refractivity contribution >= 4 is 21.6 Å². The minimum atomic E-state index is -3.76. The van der Waals surface area contributed by atoms with Crippen LogP contribution < -0.4 is 5.32 Å². The molecular weight excluding hydrogens is 447 g/mol. The molecule has 1 amide bonds. The highest BCUT2D eigenvalue weighted by Gasteiger charge is 2.21. The van der Waals surface area contributed by atoms with Gasteiger partial charge in [-0.05, 0) is 49.2 Å². The van der Waals surface area contributed by atoms with Gasteiger partial charge in [-0.1, -0.05) is 31.1 Å². The summed E-state index contributed by atoms with van der Waals surface area (Å²) in [6.07, 6.45) is 0.417. The zero-order valence-corrected chi connectivity index (χ0v) is 19.8. The van der Waals surface area contributed by atoms with E-state index in [1.54, 1.807) is 6.07 Å². The van der Waals surface area contributed by atoms with Gasteiger partial charge in [-0.3, -0.25) is 4.79 Å². The highest BCUT2D eigenvalue weighted by molar-refractivity contribution is 7.89. The maximum absolute atomic E-state index is 13.1. The molecule has 8 nitrogen and oxygen atoms in total. The summed E-state index contributed by atoms with van der Waals surface area (Å²) in [5.41, 5.74) is 2.04. The largest absolute Gasteiger partial charge is 0.334 e. The molecule has 1 aromatic heterocycles. The van der Waals surface area contributed by atoms with Crippen LogP contribution in [0.4, 0.5) is 10.1 Å². The molecule has 0 saturated carbocycles. The van der Waals surface area contributed by atoms with Crippen LogP contribution in [0.25, 0.3) is 11.5 Å². The first kappa shape index (κ1) is 24.5. The maximum Gasteiger partial charge on any atom is 0.260 e. The Labute approximate surface area is 192 Å². The van der Waals surface area contributed by atoms with Crippen molar-refractivity contribution in [3.05, 3.63) is 59.7 Å². The predicted octanol–water partition coefficient (Wildman–Crippen LogP) is 4.35. The first-order valence-corrected chi connectivity index (χ1v) is 12.0. The van der Waals surface area contributed by atoms with Crippen LogP contribution in [0.5, 0.6) is 0 Å². The Bertz CT molecular complexity index is 1220. The lowest BCUT2D eigenvalue weighted by Gasteiger charge is -2.17. The highest BCUT2D eigenvalue weighted by Crippen LogP contribution is 2.30. The van der Waals surface area contributed by atoms with Crippen LogP contribution >= 0.6 is 0 Å². The summed E-state index contributed by atoms with van der Waals surface area (Å²) in [5.74, 6) is 0.233. The van der Waals surface area contributed by atoms with Crippen molar-refractivity contribution in [1.82, 2.24) is 14.4 Å². The van der Waals surface area contributed by atoms with E-state index >= 15 is 0 Å². The molecule has 1 heterocycles. The van der Waals surface area contributed by atoms with Crippen LogP contribution in [0.3, 0.4) is 0 Å². The molecule has 0 radical (unpaired) electrons. The average Bonchev–Trinajstić information content (AvgIpc) is 3.26. The van der Waals surface area contributed by atoms with E-state index in [-0.39, 0.29) is 29.7 Å². The summed E-state index contributed by atoms with van der Waals surface area (Å²) in [4.78, 5) is 17.0. The van der Waals surface area contributed by atoms with Crippen molar-refractivity contribution in [3.8, 4) is 11.5 Å². The van der Waals surface area contributed by atoms with E-state index in [2.05, 4.69) is 15.5 Å². The minimum absolute atomic E-state index is 0.000674. The Morgan fingerprint density at radius 2 is 1.88 bits per heavy atom. The quantitative estimate of drug-likeness (QED) is 0.494. The molecule has 10 heteroatoms. The lowest BCUT2D eigenvalue weighted by Crippen LogP contribution is -2.28. The fraction of sp³-hybridized carbons (Fsp3) is 0.348. The van der Waals surface area contributed by atoms with Crippen LogP contribution in [-0.2, 0) is 14.8 Å². The second-order valence-electron chi connectivity index (χ2n) is 8.04. The first-order chi connectivity index (χ1) is 15.6. The molecule has 0 aliphatic carbocycles. The zero-order chi connectivity index (χ0) is 24.2. The highest BCUT2D eigenvalue weighted by atomic mass is 32.2. The smallest absolute Gasteiger partial charge is 0.260 e. The lowest BCUT2D eigenvalue weighted by molar-refractivity contribution is -0.116. The third kappa shape index (κ3) is 5.82. The second kappa shape index (κ2) is 10.2. The normalized spacial score (nSPS) is 11.8. The topological polar surface area (TPSA) is 105 Å². The van der Waals surface area contributed by atoms with Crippen molar-refractivity contribution in [3.63, 3.8) is 0 Å². The van der Waals surface area contributed by atoms with Gasteiger partial charge in [0.25, 0.3) is 5.89 Å². The van der Waals surface area contributed by atoms with E-state index in [0.29, 0.717) is 29.4 Å². The molecule has 176 valence electrons. The van der Waals surface area contributed by atoms with Crippen molar-refractivity contribution in [2.45, 2.75) is 44.4 Å². The van der Waals surface area contributed by atoms with Crippen molar-refractivity contribution in [1.29, 1.82) is 0 Å². The van der Waals surface area contributed by atoms with Crippen molar-refractivity contribution < 1.29 is 22.1 Å². The number of carbonyl (C=O) groups is 1. The maximum atomic E-state index is 13.1. The Hall–Kier alpha value is -3.11. The monoisotopic (exact) mass is 474 g/mol. The van der Waals surface area contributed by atoms with Crippen LogP contribution in [-0.4, -0.2) is 42.4 Å². The van der Waals surface area contributed by atoms with Gasteiger partial charge in [-0.15, -0.1) is 0 Å². The van der Waals surface area contributed by atoms with Crippen LogP contribution in [0, 0.1) is 12.7 Å². The molecule has 0 fully saturated rings. The Kier molecular flexibility index (Phi) is 7.60. The number of rotatable bonds is 9. The van der Waals surface area contributed by atoms with Gasteiger partial charge in [0, 0.05) is 25.9 Å². The molecule has 2 aromatic carbocycles. The number of hydrogen-bond acceptors (Lipinski definition) is 6. The first-order valence-electron chi connectivity index (χ1n) is 10.5. The molecular formula is C23H27FN4O4S. The van der Waals surface area contributed by atoms with Crippen molar-refractivity contribution in [2.24, 2.45) is 0 Å². The predicted molar refractivity (Wildman–Crippen MR) is 123 cm³/mol. The Balaban J connectivity index is 1.64. The van der Waals surface area contributed by atoms with Gasteiger partial charge >= 0.3 is 0 Å². The van der Waals surface area contributed by atoms with Gasteiger partial charge in [0.15, 0.2) is 5.82 Å². The molecule has 0 bridgehead atoms. The fourth-order valence-corrected chi connectivity index (χ4v) is 4.37. The Morgan fingerprint density at radius 1 is 1.18 bits per heavy atom. The number of para-hydroxylation sites is 1. The SMILES string of the molecule is Cc1cccc(-c2nc(C(C)C)no2)c1NC(=O)CCCN(C)S(=O)(=O)c1ccc(F)cc1. The summed E-state index contributed by atoms with van der Waals surface area (Å²) in [5, 5.41) is 6.87. The van der Waals surface area contributed by atoms with Gasteiger partial charge in [-0.25, -0.2) is 17.1 Å². The molecule has 0 atom stereocenters. The van der Waals surface area contributed by atoms with E-state index in [9.17, 15) is 17.6 Å². The Morgan fingerprint density at radius 3 is 2.52 bits per heavy atom. The number of amides is 1. The standard InChI is InChI=1S/C23H27FN4O4S/c1-15(2)22-26-23(32-27-22)19-8-5-7-16(3)21(19)25-20(29)9-6-14-28(4)33(30,31)18-12-10-17(24)11-13-18/h5,7-8,10-13,15H,6,9,14H2,1-4H3,(H,25,29). The third-order valence-electron chi connectivity index (χ3n) is 5.12. The van der Waals surface area contributed by atoms with E-state index in [1.807, 2.05) is 32.9 Å². The molecule has 0 aliphatic rings. The number of benzene rings is 2. The van der Waals surface area contributed by atoms with Gasteiger partial charge in [-0.2, -0.15) is 4.98 Å². The van der Waals surface area contributed by atoms with Gasteiger partial charge in [0.2, 0.25) is 15.9 Å². The summed E-state index contributed by atoms with van der Waals surface area (Å²) in [6, 6.07) is 10.1. The van der Waals surface area contributed by atoms with Crippen LogP contribution in [0.2, 0.25) is 0 Å². The molecule has 33 heavy (non-hydrogen) atoms. The third-order valence-corrected chi connectivity index (χ3v) is 7.00. The molecule has 0 spiro atoms. The number of nitrogens with one attached hydrogen (secondary N) is 1. The number of sulfonamides is 1. The van der Waals surface area contributed by atoms with E-state index in [1.165, 1.54) is 19.2 Å². The lowest BCUT2D eigenvalue weighted by atomic mass is 10.1. The van der Waals surface area contributed by atoms with Gasteiger partial charge < -0.3 is 9.84 Å². The van der Waals surface area contributed by atoms with Crippen LogP contribution in [0.1, 0.15) is 44.0 Å². The van der Waals surface area contributed by atoms with E-state index in [0.717, 1.165) is 22.0 Å². The number of aryl methyl sites for hydroxylation is 1. The number of nitrogens with zero attached hydrogens (tertiary/aromatic N) is 3. The molecule has 1 N–H and O–H groups in total. The minimum Gasteiger partial charge on any atom is -0.334 e. The summed E-state index contributed by atoms with van der Waals surface area (Å²) < 4.78 is 44.8. The van der Waals surface area contributed by atoms with Crippen LogP contribution in [0.15, 0.2) is 51.9 Å². The van der Waals surface area contributed by atoms with Gasteiger partial charge in [0.1, 0.15) is 5.82 Å². The summed E-state index contributed by atoms with van der Waals surface area (Å²) >= 11 is 0. The molecule has 0 unspecified atom stereocenters. The number of halogens is 1. The molecule has 0 saturated heterocycles. The summed E-state index contributed by atoms with van der Waals surface area (Å²) in [7, 11) is -2.33. The average molecular weight is 475 g/mol. The van der Waals surface area contributed by atoms with E-state index in [4.69, 9.17) is 4.52 Å². The van der Waals surface area contributed by atoms with E-state index < -0.39 is 15.8 Å². The van der Waals surface area contributed by atoms with Crippen molar-refractivity contribution in [2.75, 3.05) is 18.9 Å². The fourth-order valence-electron chi connectivity index (χ4n) is 3.16. The second-order valence-corrected chi connectivity index (χ2v) is 10.1. The molecule has 3 rings (SSSR count). The zero-order valence-electron chi connectivity index (χ0n) is 19.0. The number of aromatic nitrogens is 2. The van der Waals surface area contributed by atoms with Gasteiger partial charge in [0.05, 0.1) is 16.1 Å².